The Balaban J connectivity index is 1.40. The van der Waals surface area contributed by atoms with Crippen LogP contribution in [-0.4, -0.2) is 36.8 Å². The molecule has 5 rings (SSSR count). The van der Waals surface area contributed by atoms with Gasteiger partial charge in [0.2, 0.25) is 5.88 Å². The molecule has 1 N–H and O–H groups in total. The number of fused-ring (bicyclic) bond motifs is 3. The fourth-order valence-corrected chi connectivity index (χ4v) is 4.64. The molecule has 30 heavy (non-hydrogen) atoms. The molecule has 2 aliphatic rings. The lowest BCUT2D eigenvalue weighted by molar-refractivity contribution is 0.139. The minimum absolute atomic E-state index is 0.168. The first kappa shape index (κ1) is 19.1. The van der Waals surface area contributed by atoms with E-state index in [-0.39, 0.29) is 6.10 Å². The summed E-state index contributed by atoms with van der Waals surface area (Å²) < 4.78 is 8.17. The van der Waals surface area contributed by atoms with Crippen molar-refractivity contribution in [2.45, 2.75) is 50.5 Å². The largest absolute Gasteiger partial charge is 0.474 e. The van der Waals surface area contributed by atoms with Crippen LogP contribution in [0.3, 0.4) is 0 Å². The molecule has 1 aliphatic carbocycles. The van der Waals surface area contributed by atoms with E-state index in [0.717, 1.165) is 48.6 Å². The van der Waals surface area contributed by atoms with Gasteiger partial charge in [0.1, 0.15) is 17.8 Å². The topological polar surface area (TPSA) is 85.4 Å². The van der Waals surface area contributed by atoms with Crippen LogP contribution in [0.25, 0.3) is 5.69 Å². The molecular weight excluding hydrogens is 402 g/mol. The molecule has 0 spiro atoms. The highest BCUT2D eigenvalue weighted by Crippen LogP contribution is 2.36. The molecule has 3 aromatic rings. The average molecular weight is 424 g/mol. The summed E-state index contributed by atoms with van der Waals surface area (Å²) in [4.78, 5) is 4.27. The van der Waals surface area contributed by atoms with E-state index in [4.69, 9.17) is 16.3 Å². The summed E-state index contributed by atoms with van der Waals surface area (Å²) in [5.74, 6) is 2.74. The highest BCUT2D eigenvalue weighted by molar-refractivity contribution is 6.30. The molecule has 0 bridgehead atoms. The van der Waals surface area contributed by atoms with Crippen LogP contribution in [0.2, 0.25) is 5.02 Å². The molecule has 8 heteroatoms. The molecule has 0 radical (unpaired) electrons. The molecule has 3 heterocycles. The predicted octanol–water partition coefficient (Wildman–Crippen LogP) is 4.35. The zero-order valence-electron chi connectivity index (χ0n) is 16.4. The van der Waals surface area contributed by atoms with Gasteiger partial charge >= 0.3 is 0 Å². The molecule has 2 aromatic heterocycles. The summed E-state index contributed by atoms with van der Waals surface area (Å²) >= 11 is 6.23. The third-order valence-corrected chi connectivity index (χ3v) is 6.14. The lowest BCUT2D eigenvalue weighted by atomic mass is 9.86. The van der Waals surface area contributed by atoms with Crippen molar-refractivity contribution < 1.29 is 9.94 Å². The van der Waals surface area contributed by atoms with Crippen molar-refractivity contribution in [3.63, 3.8) is 0 Å². The monoisotopic (exact) mass is 423 g/mol. The van der Waals surface area contributed by atoms with Crippen LogP contribution in [0.15, 0.2) is 47.8 Å². The standard InChI is InChI=1S/C22H22ClN5O2/c23-16-6-9-19-15(11-16)12-17(27-29)13-20-25-26-22(28(19)20)14-4-7-18(8-5-14)30-21-3-1-2-10-24-21/h1-3,6,9-11,14,18,29H,4-5,7-8,12-13H2/b27-17-. The van der Waals surface area contributed by atoms with E-state index in [1.165, 1.54) is 0 Å². The Morgan fingerprint density at radius 2 is 1.93 bits per heavy atom. The highest BCUT2D eigenvalue weighted by Gasteiger charge is 2.31. The van der Waals surface area contributed by atoms with Crippen molar-refractivity contribution in [2.75, 3.05) is 0 Å². The zero-order chi connectivity index (χ0) is 20.5. The molecule has 154 valence electrons. The third-order valence-electron chi connectivity index (χ3n) is 5.90. The van der Waals surface area contributed by atoms with Gasteiger partial charge < -0.3 is 9.94 Å². The van der Waals surface area contributed by atoms with Gasteiger partial charge in [-0.15, -0.1) is 10.2 Å². The Kier molecular flexibility index (Phi) is 5.12. The van der Waals surface area contributed by atoms with Crippen molar-refractivity contribution in [3.8, 4) is 11.6 Å². The number of rotatable bonds is 3. The lowest BCUT2D eigenvalue weighted by Crippen LogP contribution is -2.25. The molecule has 1 aliphatic heterocycles. The van der Waals surface area contributed by atoms with Crippen LogP contribution in [0, 0.1) is 0 Å². The first-order valence-corrected chi connectivity index (χ1v) is 10.6. The van der Waals surface area contributed by atoms with E-state index in [1.807, 2.05) is 36.4 Å². The summed E-state index contributed by atoms with van der Waals surface area (Å²) in [6.45, 7) is 0. The van der Waals surface area contributed by atoms with Crippen LogP contribution in [0.1, 0.15) is 48.8 Å². The first-order valence-electron chi connectivity index (χ1n) is 10.2. The van der Waals surface area contributed by atoms with Gasteiger partial charge in [0.05, 0.1) is 17.8 Å². The van der Waals surface area contributed by atoms with Gasteiger partial charge in [0.25, 0.3) is 0 Å². The van der Waals surface area contributed by atoms with Gasteiger partial charge in [0.15, 0.2) is 0 Å². The van der Waals surface area contributed by atoms with E-state index < -0.39 is 0 Å². The van der Waals surface area contributed by atoms with Gasteiger partial charge in [-0.25, -0.2) is 4.98 Å². The molecule has 0 atom stereocenters. The number of hydrogen-bond donors (Lipinski definition) is 1. The molecule has 0 amide bonds. The minimum atomic E-state index is 0.168. The van der Waals surface area contributed by atoms with Crippen LogP contribution >= 0.6 is 11.6 Å². The number of halogens is 1. The fourth-order valence-electron chi connectivity index (χ4n) is 4.45. The number of hydrogen-bond acceptors (Lipinski definition) is 6. The number of ether oxygens (including phenoxy) is 1. The Labute approximate surface area is 179 Å². The minimum Gasteiger partial charge on any atom is -0.474 e. The van der Waals surface area contributed by atoms with E-state index >= 15 is 0 Å². The molecule has 1 saturated carbocycles. The Morgan fingerprint density at radius 3 is 2.70 bits per heavy atom. The van der Waals surface area contributed by atoms with Gasteiger partial charge in [-0.3, -0.25) is 4.57 Å². The fraction of sp³-hybridized carbons (Fsp3) is 0.364. The zero-order valence-corrected chi connectivity index (χ0v) is 17.2. The second kappa shape index (κ2) is 8.07. The molecule has 0 saturated heterocycles. The second-order valence-corrected chi connectivity index (χ2v) is 8.30. The van der Waals surface area contributed by atoms with Gasteiger partial charge in [0, 0.05) is 29.6 Å². The maximum atomic E-state index is 9.42. The number of benzene rings is 1. The molecular formula is C22H22ClN5O2. The van der Waals surface area contributed by atoms with E-state index in [0.29, 0.717) is 35.4 Å². The van der Waals surface area contributed by atoms with Gasteiger partial charge in [-0.1, -0.05) is 22.8 Å². The van der Waals surface area contributed by atoms with E-state index in [2.05, 4.69) is 24.9 Å². The van der Waals surface area contributed by atoms with Crippen LogP contribution in [0.4, 0.5) is 0 Å². The van der Waals surface area contributed by atoms with Crippen molar-refractivity contribution >= 4 is 17.3 Å². The summed E-state index contributed by atoms with van der Waals surface area (Å²) in [6, 6.07) is 11.5. The summed E-state index contributed by atoms with van der Waals surface area (Å²) in [7, 11) is 0. The molecule has 0 unspecified atom stereocenters. The van der Waals surface area contributed by atoms with E-state index in [1.54, 1.807) is 6.20 Å². The maximum absolute atomic E-state index is 9.42. The van der Waals surface area contributed by atoms with Crippen LogP contribution < -0.4 is 4.74 Å². The second-order valence-electron chi connectivity index (χ2n) is 7.86. The van der Waals surface area contributed by atoms with E-state index in [9.17, 15) is 5.21 Å². The summed E-state index contributed by atoms with van der Waals surface area (Å²) in [6.07, 6.45) is 6.76. The summed E-state index contributed by atoms with van der Waals surface area (Å²) in [5.41, 5.74) is 2.69. The van der Waals surface area contributed by atoms with Gasteiger partial charge in [-0.05, 0) is 55.5 Å². The van der Waals surface area contributed by atoms with Crippen molar-refractivity contribution in [1.82, 2.24) is 19.7 Å². The summed E-state index contributed by atoms with van der Waals surface area (Å²) in [5, 5.41) is 22.6. The smallest absolute Gasteiger partial charge is 0.213 e. The number of aromatic nitrogens is 4. The quantitative estimate of drug-likeness (QED) is 0.500. The highest BCUT2D eigenvalue weighted by atomic mass is 35.5. The number of nitrogens with zero attached hydrogens (tertiary/aromatic N) is 5. The van der Waals surface area contributed by atoms with Crippen LogP contribution in [-0.2, 0) is 12.8 Å². The van der Waals surface area contributed by atoms with Crippen molar-refractivity contribution in [2.24, 2.45) is 5.16 Å². The molecule has 1 fully saturated rings. The number of pyridine rings is 1. The third kappa shape index (κ3) is 3.65. The maximum Gasteiger partial charge on any atom is 0.213 e. The Morgan fingerprint density at radius 1 is 1.07 bits per heavy atom. The SMILES string of the molecule is O/N=C1/Cc2cc(Cl)ccc2-n2c(nnc2C2CCC(Oc3ccccn3)CC2)C1. The van der Waals surface area contributed by atoms with Gasteiger partial charge in [-0.2, -0.15) is 0 Å². The van der Waals surface area contributed by atoms with Crippen LogP contribution in [0.5, 0.6) is 5.88 Å². The number of oxime groups is 1. The normalized spacial score (nSPS) is 22.2. The first-order chi connectivity index (χ1) is 14.7. The molecule has 7 nitrogen and oxygen atoms in total. The van der Waals surface area contributed by atoms with Crippen molar-refractivity contribution in [3.05, 3.63) is 64.8 Å². The molecule has 1 aromatic carbocycles. The Bertz CT molecular complexity index is 1070. The van der Waals surface area contributed by atoms with Crippen molar-refractivity contribution in [1.29, 1.82) is 0 Å². The Hall–Kier alpha value is -2.93. The average Bonchev–Trinajstić information content (AvgIpc) is 3.11. The lowest BCUT2D eigenvalue weighted by Gasteiger charge is -2.28. The predicted molar refractivity (Wildman–Crippen MR) is 113 cm³/mol.